The number of rotatable bonds is 0. The lowest BCUT2D eigenvalue weighted by Gasteiger charge is -2.58. The quantitative estimate of drug-likeness (QED) is 0.630. The molecule has 0 aromatic carbocycles. The molecule has 1 nitrogen and oxygen atoms in total. The molecule has 5 unspecified atom stereocenters. The number of aliphatic hydroxyl groups is 1. The smallest absolute Gasteiger partial charge is 0.0724 e. The Morgan fingerprint density at radius 2 is 1.71 bits per heavy atom. The maximum Gasteiger partial charge on any atom is 0.0724 e. The Morgan fingerprint density at radius 1 is 1.00 bits per heavy atom. The van der Waals surface area contributed by atoms with Crippen LogP contribution < -0.4 is 0 Å². The molecule has 0 radical (unpaired) electrons. The fraction of sp³-hybridized carbons (Fsp3) is 0.800. The molecule has 21 heavy (non-hydrogen) atoms. The first-order valence-corrected chi connectivity index (χ1v) is 9.02. The minimum atomic E-state index is -0.176. The lowest BCUT2D eigenvalue weighted by Crippen LogP contribution is -2.49. The predicted octanol–water partition coefficient (Wildman–Crippen LogP) is 4.87. The van der Waals surface area contributed by atoms with E-state index in [4.69, 9.17) is 0 Å². The molecular weight excluding hydrogens is 256 g/mol. The van der Waals surface area contributed by atoms with Crippen LogP contribution in [0.4, 0.5) is 0 Å². The highest BCUT2D eigenvalue weighted by Crippen LogP contribution is 2.66. The van der Waals surface area contributed by atoms with Crippen molar-refractivity contribution < 1.29 is 5.11 Å². The van der Waals surface area contributed by atoms with Gasteiger partial charge in [-0.15, -0.1) is 0 Å². The summed E-state index contributed by atoms with van der Waals surface area (Å²) in [5.74, 6) is 2.64. The van der Waals surface area contributed by atoms with Crippen LogP contribution in [0.2, 0.25) is 0 Å². The molecule has 0 saturated heterocycles. The molecule has 116 valence electrons. The molecule has 0 bridgehead atoms. The first-order chi connectivity index (χ1) is 9.95. The van der Waals surface area contributed by atoms with E-state index in [2.05, 4.69) is 26.5 Å². The zero-order valence-electron chi connectivity index (χ0n) is 13.7. The second-order valence-corrected chi connectivity index (χ2v) is 8.73. The summed E-state index contributed by atoms with van der Waals surface area (Å²) in [6.45, 7) is 9.42. The van der Waals surface area contributed by atoms with E-state index in [0.717, 1.165) is 24.2 Å². The van der Waals surface area contributed by atoms with E-state index < -0.39 is 0 Å². The molecule has 6 atom stereocenters. The van der Waals surface area contributed by atoms with Crippen LogP contribution in [0.3, 0.4) is 0 Å². The molecule has 3 saturated carbocycles. The molecular formula is C20H30O. The second-order valence-electron chi connectivity index (χ2n) is 8.73. The zero-order chi connectivity index (χ0) is 14.8. The summed E-state index contributed by atoms with van der Waals surface area (Å²) in [5, 5.41) is 10.00. The van der Waals surface area contributed by atoms with Gasteiger partial charge in [0.25, 0.3) is 0 Å². The van der Waals surface area contributed by atoms with E-state index in [1.807, 2.05) is 0 Å². The maximum atomic E-state index is 10.00. The Bertz CT molecular complexity index is 504. The third-order valence-corrected chi connectivity index (χ3v) is 8.04. The van der Waals surface area contributed by atoms with E-state index in [0.29, 0.717) is 10.8 Å². The van der Waals surface area contributed by atoms with Gasteiger partial charge >= 0.3 is 0 Å². The Kier molecular flexibility index (Phi) is 2.99. The highest BCUT2D eigenvalue weighted by molar-refractivity contribution is 5.28. The molecule has 3 fully saturated rings. The van der Waals surface area contributed by atoms with Crippen molar-refractivity contribution in [1.29, 1.82) is 0 Å². The summed E-state index contributed by atoms with van der Waals surface area (Å²) < 4.78 is 0. The molecule has 0 aliphatic heterocycles. The summed E-state index contributed by atoms with van der Waals surface area (Å²) in [6, 6.07) is 0. The maximum absolute atomic E-state index is 10.00. The van der Waals surface area contributed by atoms with E-state index in [-0.39, 0.29) is 6.10 Å². The first-order valence-electron chi connectivity index (χ1n) is 9.02. The third kappa shape index (κ3) is 1.79. The van der Waals surface area contributed by atoms with Gasteiger partial charge in [0, 0.05) is 0 Å². The van der Waals surface area contributed by atoms with Crippen LogP contribution in [0.5, 0.6) is 0 Å². The van der Waals surface area contributed by atoms with Gasteiger partial charge in [-0.3, -0.25) is 0 Å². The van der Waals surface area contributed by atoms with Crippen molar-refractivity contribution in [1.82, 2.24) is 0 Å². The predicted molar refractivity (Wildman–Crippen MR) is 86.8 cm³/mol. The van der Waals surface area contributed by atoms with Crippen LogP contribution in [-0.4, -0.2) is 11.2 Å². The van der Waals surface area contributed by atoms with Gasteiger partial charge in [0.15, 0.2) is 0 Å². The number of hydrogen-bond acceptors (Lipinski definition) is 1. The van der Waals surface area contributed by atoms with Crippen LogP contribution in [0.25, 0.3) is 0 Å². The fourth-order valence-corrected chi connectivity index (χ4v) is 6.62. The fourth-order valence-electron chi connectivity index (χ4n) is 6.62. The summed E-state index contributed by atoms with van der Waals surface area (Å²) in [4.78, 5) is 0. The standard InChI is InChI=1S/C20H30O/c1-13-4-7-17-16-6-5-14-12-15(21)8-10-20(14,3)18(16)9-11-19(13,17)2/h12,15-18,21H,1,4-11H2,2-3H3/t15?,16?,17?,18?,19?,20-/m0/s1. The molecule has 4 rings (SSSR count). The Labute approximate surface area is 129 Å². The van der Waals surface area contributed by atoms with Crippen LogP contribution >= 0.6 is 0 Å². The number of aliphatic hydroxyl groups excluding tert-OH is 1. The van der Waals surface area contributed by atoms with Gasteiger partial charge in [0.1, 0.15) is 0 Å². The summed E-state index contributed by atoms with van der Waals surface area (Å²) in [6.07, 6.45) is 12.2. The van der Waals surface area contributed by atoms with Gasteiger partial charge < -0.3 is 5.11 Å². The minimum Gasteiger partial charge on any atom is -0.389 e. The third-order valence-electron chi connectivity index (χ3n) is 8.04. The SMILES string of the molecule is C=C1CCC2C3CCC4=CC(O)CC[C@]4(C)C3CCC12C. The Morgan fingerprint density at radius 3 is 2.52 bits per heavy atom. The minimum absolute atomic E-state index is 0.176. The molecule has 0 aromatic heterocycles. The van der Waals surface area contributed by atoms with Gasteiger partial charge in [-0.1, -0.05) is 37.6 Å². The van der Waals surface area contributed by atoms with E-state index in [1.54, 1.807) is 5.57 Å². The molecule has 1 N–H and O–H groups in total. The van der Waals surface area contributed by atoms with Gasteiger partial charge in [-0.25, -0.2) is 0 Å². The topological polar surface area (TPSA) is 20.2 Å². The lowest BCUT2D eigenvalue weighted by molar-refractivity contribution is -0.0313. The van der Waals surface area contributed by atoms with Crippen molar-refractivity contribution in [2.24, 2.45) is 28.6 Å². The second kappa shape index (κ2) is 4.47. The Balaban J connectivity index is 1.69. The van der Waals surface area contributed by atoms with Gasteiger partial charge in [-0.05, 0) is 80.0 Å². The highest BCUT2D eigenvalue weighted by Gasteiger charge is 2.57. The molecule has 4 aliphatic rings. The number of fused-ring (bicyclic) bond motifs is 5. The normalized spacial score (nSPS) is 52.7. The number of hydrogen-bond donors (Lipinski definition) is 1. The summed E-state index contributed by atoms with van der Waals surface area (Å²) in [5.41, 5.74) is 3.94. The molecule has 0 spiro atoms. The number of allylic oxidation sites excluding steroid dienone is 2. The van der Waals surface area contributed by atoms with E-state index in [9.17, 15) is 5.11 Å². The van der Waals surface area contributed by atoms with Crippen molar-refractivity contribution in [2.75, 3.05) is 0 Å². The van der Waals surface area contributed by atoms with E-state index >= 15 is 0 Å². The van der Waals surface area contributed by atoms with Crippen LogP contribution in [0, 0.1) is 28.6 Å². The van der Waals surface area contributed by atoms with Crippen LogP contribution in [-0.2, 0) is 0 Å². The highest BCUT2D eigenvalue weighted by atomic mass is 16.3. The van der Waals surface area contributed by atoms with Crippen molar-refractivity contribution in [3.63, 3.8) is 0 Å². The molecule has 1 heteroatoms. The van der Waals surface area contributed by atoms with Gasteiger partial charge in [0.2, 0.25) is 0 Å². The summed E-state index contributed by atoms with van der Waals surface area (Å²) in [7, 11) is 0. The van der Waals surface area contributed by atoms with E-state index in [1.165, 1.54) is 50.5 Å². The average molecular weight is 286 g/mol. The lowest BCUT2D eigenvalue weighted by atomic mass is 9.47. The zero-order valence-corrected chi connectivity index (χ0v) is 13.7. The molecule has 4 aliphatic carbocycles. The van der Waals surface area contributed by atoms with Crippen molar-refractivity contribution in [3.05, 3.63) is 23.8 Å². The summed E-state index contributed by atoms with van der Waals surface area (Å²) >= 11 is 0. The first kappa shape index (κ1) is 14.1. The molecule has 0 heterocycles. The van der Waals surface area contributed by atoms with Crippen molar-refractivity contribution in [2.45, 2.75) is 71.3 Å². The van der Waals surface area contributed by atoms with Gasteiger partial charge in [-0.2, -0.15) is 0 Å². The molecule has 0 aromatic rings. The van der Waals surface area contributed by atoms with Crippen LogP contribution in [0.15, 0.2) is 23.8 Å². The van der Waals surface area contributed by atoms with Gasteiger partial charge in [0.05, 0.1) is 6.10 Å². The molecule has 0 amide bonds. The largest absolute Gasteiger partial charge is 0.389 e. The Hall–Kier alpha value is -0.560. The van der Waals surface area contributed by atoms with Crippen molar-refractivity contribution >= 4 is 0 Å². The average Bonchev–Trinajstić information content (AvgIpc) is 2.76. The monoisotopic (exact) mass is 286 g/mol. The van der Waals surface area contributed by atoms with Crippen LogP contribution in [0.1, 0.15) is 65.2 Å². The van der Waals surface area contributed by atoms with Crippen molar-refractivity contribution in [3.8, 4) is 0 Å².